The molecule has 0 aliphatic carbocycles. The summed E-state index contributed by atoms with van der Waals surface area (Å²) in [6, 6.07) is 8.16. The Kier molecular flexibility index (Phi) is 6.05. The van der Waals surface area contributed by atoms with Crippen LogP contribution in [0, 0.1) is 11.8 Å². The fraction of sp³-hybridized carbons (Fsp3) is 0.650. The van der Waals surface area contributed by atoms with Crippen molar-refractivity contribution < 1.29 is 4.79 Å². The lowest BCUT2D eigenvalue weighted by atomic mass is 9.89. The topological polar surface area (TPSA) is 20.3 Å². The van der Waals surface area contributed by atoms with Crippen LogP contribution in [-0.2, 0) is 0 Å². The summed E-state index contributed by atoms with van der Waals surface area (Å²) in [4.78, 5) is 14.6. The van der Waals surface area contributed by atoms with Crippen molar-refractivity contribution in [1.82, 2.24) is 4.90 Å². The van der Waals surface area contributed by atoms with Crippen molar-refractivity contribution in [1.29, 1.82) is 0 Å². The predicted octanol–water partition coefficient (Wildman–Crippen LogP) is 5.10. The molecule has 2 heteroatoms. The first kappa shape index (κ1) is 17.1. The molecule has 1 aliphatic heterocycles. The van der Waals surface area contributed by atoms with Gasteiger partial charge in [-0.1, -0.05) is 52.7 Å². The van der Waals surface area contributed by atoms with Crippen molar-refractivity contribution in [3.05, 3.63) is 35.4 Å². The van der Waals surface area contributed by atoms with Crippen LogP contribution in [0.25, 0.3) is 0 Å². The van der Waals surface area contributed by atoms with Gasteiger partial charge in [-0.3, -0.25) is 4.79 Å². The maximum absolute atomic E-state index is 12.6. The average Bonchev–Trinajstić information content (AvgIpc) is 2.53. The van der Waals surface area contributed by atoms with Gasteiger partial charge in [0, 0.05) is 18.7 Å². The molecule has 1 aromatic rings. The lowest BCUT2D eigenvalue weighted by Gasteiger charge is -2.32. The second-order valence-electron chi connectivity index (χ2n) is 7.48. The normalized spacial score (nSPS) is 16.5. The second-order valence-corrected chi connectivity index (χ2v) is 7.48. The molecular weight excluding hydrogens is 270 g/mol. The van der Waals surface area contributed by atoms with Gasteiger partial charge < -0.3 is 4.90 Å². The number of piperidine rings is 1. The van der Waals surface area contributed by atoms with E-state index in [1.165, 1.54) is 31.2 Å². The summed E-state index contributed by atoms with van der Waals surface area (Å²) in [7, 11) is 0. The van der Waals surface area contributed by atoms with Crippen LogP contribution in [0.15, 0.2) is 24.3 Å². The highest BCUT2D eigenvalue weighted by Crippen LogP contribution is 2.25. The standard InChI is InChI=1S/C20H31NO/c1-15(2)5-6-17-11-13-21(14-12-17)20(22)19-9-7-18(8-10-19)16(3)4/h7-10,15-17H,5-6,11-14H2,1-4H3. The quantitative estimate of drug-likeness (QED) is 0.741. The number of amides is 1. The molecule has 2 nitrogen and oxygen atoms in total. The van der Waals surface area contributed by atoms with Crippen LogP contribution in [0.4, 0.5) is 0 Å². The number of likely N-dealkylation sites (tertiary alicyclic amines) is 1. The van der Waals surface area contributed by atoms with Gasteiger partial charge in [-0.25, -0.2) is 0 Å². The van der Waals surface area contributed by atoms with Crippen LogP contribution in [0.3, 0.4) is 0 Å². The van der Waals surface area contributed by atoms with Gasteiger partial charge in [0.15, 0.2) is 0 Å². The van der Waals surface area contributed by atoms with Crippen molar-refractivity contribution in [3.63, 3.8) is 0 Å². The molecule has 0 atom stereocenters. The van der Waals surface area contributed by atoms with Gasteiger partial charge in [0.1, 0.15) is 0 Å². The maximum Gasteiger partial charge on any atom is 0.253 e. The van der Waals surface area contributed by atoms with Crippen molar-refractivity contribution in [3.8, 4) is 0 Å². The highest BCUT2D eigenvalue weighted by atomic mass is 16.2. The van der Waals surface area contributed by atoms with Crippen molar-refractivity contribution >= 4 is 5.91 Å². The summed E-state index contributed by atoms with van der Waals surface area (Å²) >= 11 is 0. The van der Waals surface area contributed by atoms with E-state index in [0.717, 1.165) is 30.5 Å². The minimum absolute atomic E-state index is 0.206. The average molecular weight is 301 g/mol. The van der Waals surface area contributed by atoms with E-state index in [2.05, 4.69) is 39.8 Å². The molecule has 1 heterocycles. The molecule has 1 amide bonds. The Morgan fingerprint density at radius 2 is 1.68 bits per heavy atom. The van der Waals surface area contributed by atoms with Crippen LogP contribution in [-0.4, -0.2) is 23.9 Å². The molecule has 0 radical (unpaired) electrons. The number of carbonyl (C=O) groups excluding carboxylic acids is 1. The van der Waals surface area contributed by atoms with Gasteiger partial charge in [-0.2, -0.15) is 0 Å². The lowest BCUT2D eigenvalue weighted by molar-refractivity contribution is 0.0684. The Morgan fingerprint density at radius 1 is 1.09 bits per heavy atom. The third-order valence-electron chi connectivity index (χ3n) is 4.88. The van der Waals surface area contributed by atoms with Crippen LogP contribution in [0.1, 0.15) is 75.2 Å². The molecule has 1 saturated heterocycles. The monoisotopic (exact) mass is 301 g/mol. The maximum atomic E-state index is 12.6. The molecule has 122 valence electrons. The molecular formula is C20H31NO. The van der Waals surface area contributed by atoms with Gasteiger partial charge in [-0.05, 0) is 48.3 Å². The van der Waals surface area contributed by atoms with Crippen LogP contribution >= 0.6 is 0 Å². The van der Waals surface area contributed by atoms with Crippen LogP contribution in [0.5, 0.6) is 0 Å². The number of rotatable bonds is 5. The third-order valence-corrected chi connectivity index (χ3v) is 4.88. The number of nitrogens with zero attached hydrogens (tertiary/aromatic N) is 1. The fourth-order valence-corrected chi connectivity index (χ4v) is 3.19. The Morgan fingerprint density at radius 3 is 2.18 bits per heavy atom. The van der Waals surface area contributed by atoms with E-state index < -0.39 is 0 Å². The van der Waals surface area contributed by atoms with Crippen molar-refractivity contribution in [2.45, 2.75) is 59.3 Å². The number of benzene rings is 1. The molecule has 1 aliphatic rings. The first-order chi connectivity index (χ1) is 10.5. The molecule has 0 N–H and O–H groups in total. The molecule has 0 aromatic heterocycles. The third kappa shape index (κ3) is 4.59. The summed E-state index contributed by atoms with van der Waals surface area (Å²) in [5.74, 6) is 2.33. The second kappa shape index (κ2) is 7.80. The molecule has 0 spiro atoms. The van der Waals surface area contributed by atoms with E-state index in [0.29, 0.717) is 5.92 Å². The molecule has 1 aromatic carbocycles. The summed E-state index contributed by atoms with van der Waals surface area (Å²) in [5.41, 5.74) is 2.13. The SMILES string of the molecule is CC(C)CCC1CCN(C(=O)c2ccc(C(C)C)cc2)CC1. The molecule has 0 bridgehead atoms. The summed E-state index contributed by atoms with van der Waals surface area (Å²) in [5, 5.41) is 0. The first-order valence-corrected chi connectivity index (χ1v) is 8.86. The van der Waals surface area contributed by atoms with Gasteiger partial charge in [0.25, 0.3) is 5.91 Å². The van der Waals surface area contributed by atoms with Gasteiger partial charge in [-0.15, -0.1) is 0 Å². The summed E-state index contributed by atoms with van der Waals surface area (Å²) < 4.78 is 0. The van der Waals surface area contributed by atoms with E-state index in [4.69, 9.17) is 0 Å². The zero-order chi connectivity index (χ0) is 16.1. The smallest absolute Gasteiger partial charge is 0.253 e. The first-order valence-electron chi connectivity index (χ1n) is 8.86. The van der Waals surface area contributed by atoms with E-state index in [1.54, 1.807) is 0 Å². The number of carbonyl (C=O) groups is 1. The Bertz CT molecular complexity index is 467. The largest absolute Gasteiger partial charge is 0.339 e. The predicted molar refractivity (Wildman–Crippen MR) is 93.2 cm³/mol. The fourth-order valence-electron chi connectivity index (χ4n) is 3.19. The highest BCUT2D eigenvalue weighted by molar-refractivity contribution is 5.94. The molecule has 1 fully saturated rings. The zero-order valence-corrected chi connectivity index (χ0v) is 14.6. The molecule has 0 saturated carbocycles. The van der Waals surface area contributed by atoms with Gasteiger partial charge >= 0.3 is 0 Å². The minimum Gasteiger partial charge on any atom is -0.339 e. The Labute approximate surface area is 135 Å². The van der Waals surface area contributed by atoms with E-state index in [-0.39, 0.29) is 5.91 Å². The zero-order valence-electron chi connectivity index (χ0n) is 14.6. The van der Waals surface area contributed by atoms with Crippen molar-refractivity contribution in [2.24, 2.45) is 11.8 Å². The Hall–Kier alpha value is -1.31. The molecule has 22 heavy (non-hydrogen) atoms. The van der Waals surface area contributed by atoms with E-state index in [1.807, 2.05) is 17.0 Å². The number of hydrogen-bond acceptors (Lipinski definition) is 1. The lowest BCUT2D eigenvalue weighted by Crippen LogP contribution is -2.38. The van der Waals surface area contributed by atoms with E-state index >= 15 is 0 Å². The summed E-state index contributed by atoms with van der Waals surface area (Å²) in [6.07, 6.45) is 4.98. The molecule has 2 rings (SSSR count). The molecule has 0 unspecified atom stereocenters. The van der Waals surface area contributed by atoms with Crippen LogP contribution < -0.4 is 0 Å². The van der Waals surface area contributed by atoms with Gasteiger partial charge in [0.05, 0.1) is 0 Å². The Balaban J connectivity index is 1.86. The van der Waals surface area contributed by atoms with E-state index in [9.17, 15) is 4.79 Å². The van der Waals surface area contributed by atoms with Gasteiger partial charge in [0.2, 0.25) is 0 Å². The highest BCUT2D eigenvalue weighted by Gasteiger charge is 2.23. The summed E-state index contributed by atoms with van der Waals surface area (Å²) in [6.45, 7) is 10.8. The van der Waals surface area contributed by atoms with Crippen LogP contribution in [0.2, 0.25) is 0 Å². The minimum atomic E-state index is 0.206. The number of hydrogen-bond donors (Lipinski definition) is 0. The van der Waals surface area contributed by atoms with Crippen molar-refractivity contribution in [2.75, 3.05) is 13.1 Å².